The molecule has 2 N–H and O–H groups in total. The van der Waals surface area contributed by atoms with E-state index in [0.717, 1.165) is 11.1 Å². The summed E-state index contributed by atoms with van der Waals surface area (Å²) in [4.78, 5) is 23.1. The largest absolute Gasteiger partial charge is 0.508 e. The molecule has 0 heterocycles. The number of phenolic OH excluding ortho intramolecular Hbond substituents is 1. The Labute approximate surface area is 190 Å². The highest BCUT2D eigenvalue weighted by atomic mass is 16.6. The number of hydrazone groups is 1. The van der Waals surface area contributed by atoms with Crippen LogP contribution in [-0.4, -0.2) is 29.3 Å². The van der Waals surface area contributed by atoms with E-state index in [-0.39, 0.29) is 41.9 Å². The number of carbonyl (C=O) groups is 1. The Hall–Kier alpha value is -4.40. The van der Waals surface area contributed by atoms with Gasteiger partial charge in [0.1, 0.15) is 12.4 Å². The average molecular weight is 449 g/mol. The first-order valence-corrected chi connectivity index (χ1v) is 10.0. The van der Waals surface area contributed by atoms with Gasteiger partial charge in [-0.3, -0.25) is 14.9 Å². The lowest BCUT2D eigenvalue weighted by atomic mass is 10.1. The summed E-state index contributed by atoms with van der Waals surface area (Å²) in [6, 6.07) is 16.7. The Morgan fingerprint density at radius 2 is 1.91 bits per heavy atom. The molecule has 3 aromatic rings. The van der Waals surface area contributed by atoms with Crippen molar-refractivity contribution < 1.29 is 24.3 Å². The van der Waals surface area contributed by atoms with Gasteiger partial charge in [0.25, 0.3) is 0 Å². The lowest BCUT2D eigenvalue weighted by molar-refractivity contribution is -0.386. The Morgan fingerprint density at radius 3 is 2.58 bits per heavy atom. The first-order valence-electron chi connectivity index (χ1n) is 10.0. The van der Waals surface area contributed by atoms with Crippen LogP contribution in [0.4, 0.5) is 5.69 Å². The highest BCUT2D eigenvalue weighted by Gasteiger charge is 2.22. The van der Waals surface area contributed by atoms with Crippen LogP contribution in [0.5, 0.6) is 17.2 Å². The number of benzene rings is 3. The van der Waals surface area contributed by atoms with Gasteiger partial charge in [0.05, 0.1) is 24.7 Å². The molecule has 0 aromatic heterocycles. The van der Waals surface area contributed by atoms with Crippen LogP contribution in [0.25, 0.3) is 0 Å². The Kier molecular flexibility index (Phi) is 7.59. The summed E-state index contributed by atoms with van der Waals surface area (Å²) < 4.78 is 11.0. The molecule has 0 unspecified atom stereocenters. The first-order chi connectivity index (χ1) is 15.9. The van der Waals surface area contributed by atoms with E-state index in [0.29, 0.717) is 11.1 Å². The molecule has 0 radical (unpaired) electrons. The summed E-state index contributed by atoms with van der Waals surface area (Å²) in [6.07, 6.45) is 1.35. The lowest BCUT2D eigenvalue weighted by Gasteiger charge is -2.12. The Morgan fingerprint density at radius 1 is 1.15 bits per heavy atom. The normalized spacial score (nSPS) is 10.7. The predicted molar refractivity (Wildman–Crippen MR) is 123 cm³/mol. The Balaban J connectivity index is 1.73. The molecule has 1 amide bonds. The molecule has 0 aliphatic heterocycles. The van der Waals surface area contributed by atoms with Crippen molar-refractivity contribution in [2.75, 3.05) is 7.11 Å². The molecule has 33 heavy (non-hydrogen) atoms. The molecular weight excluding hydrogens is 426 g/mol. The third-order valence-corrected chi connectivity index (χ3v) is 4.64. The molecule has 0 atom stereocenters. The number of hydrogen-bond acceptors (Lipinski definition) is 7. The standard InChI is InChI=1S/C24H23N3O6/c1-16-4-3-5-18(10-16)15-33-24-21(27(30)31)11-19(12-22(24)32-2)14-25-26-23(29)13-17-6-8-20(28)9-7-17/h3-12,14,28H,13,15H2,1-2H3,(H,26,29)/b25-14-. The van der Waals surface area contributed by atoms with Crippen molar-refractivity contribution in [3.8, 4) is 17.2 Å². The molecule has 9 nitrogen and oxygen atoms in total. The summed E-state index contributed by atoms with van der Waals surface area (Å²) in [5.74, 6) is -0.0817. The zero-order valence-electron chi connectivity index (χ0n) is 18.1. The molecule has 170 valence electrons. The maximum Gasteiger partial charge on any atom is 0.315 e. The van der Waals surface area contributed by atoms with E-state index in [1.54, 1.807) is 12.1 Å². The van der Waals surface area contributed by atoms with Gasteiger partial charge < -0.3 is 14.6 Å². The van der Waals surface area contributed by atoms with Gasteiger partial charge >= 0.3 is 5.69 Å². The van der Waals surface area contributed by atoms with Crippen LogP contribution in [0.1, 0.15) is 22.3 Å². The number of nitro benzene ring substituents is 1. The highest BCUT2D eigenvalue weighted by molar-refractivity contribution is 5.85. The van der Waals surface area contributed by atoms with Crippen LogP contribution in [-0.2, 0) is 17.8 Å². The molecule has 3 aromatic carbocycles. The van der Waals surface area contributed by atoms with Gasteiger partial charge in [-0.05, 0) is 36.2 Å². The molecule has 0 spiro atoms. The SMILES string of the molecule is COc1cc(/C=N\NC(=O)Cc2ccc(O)cc2)cc([N+](=O)[O-])c1OCc1cccc(C)c1. The molecule has 3 rings (SSSR count). The zero-order valence-corrected chi connectivity index (χ0v) is 18.1. The Bertz CT molecular complexity index is 1180. The van der Waals surface area contributed by atoms with Crippen molar-refractivity contribution in [3.05, 3.63) is 93.0 Å². The van der Waals surface area contributed by atoms with Crippen LogP contribution in [0.3, 0.4) is 0 Å². The van der Waals surface area contributed by atoms with Gasteiger partial charge in [0, 0.05) is 11.6 Å². The third-order valence-electron chi connectivity index (χ3n) is 4.64. The summed E-state index contributed by atoms with van der Waals surface area (Å²) in [6.45, 7) is 2.09. The van der Waals surface area contributed by atoms with Crippen LogP contribution in [0.2, 0.25) is 0 Å². The van der Waals surface area contributed by atoms with E-state index in [4.69, 9.17) is 9.47 Å². The second kappa shape index (κ2) is 10.8. The molecule has 9 heteroatoms. The smallest absolute Gasteiger partial charge is 0.315 e. The number of ether oxygens (including phenoxy) is 2. The fourth-order valence-corrected chi connectivity index (χ4v) is 3.09. The quantitative estimate of drug-likeness (QED) is 0.290. The van der Waals surface area contributed by atoms with E-state index in [9.17, 15) is 20.0 Å². The van der Waals surface area contributed by atoms with E-state index >= 15 is 0 Å². The second-order valence-corrected chi connectivity index (χ2v) is 7.24. The van der Waals surface area contributed by atoms with E-state index < -0.39 is 4.92 Å². The molecule has 0 aliphatic rings. The van der Waals surface area contributed by atoms with Crippen molar-refractivity contribution >= 4 is 17.8 Å². The minimum Gasteiger partial charge on any atom is -0.508 e. The van der Waals surface area contributed by atoms with Gasteiger partial charge in [-0.25, -0.2) is 5.43 Å². The number of methoxy groups -OCH3 is 1. The third kappa shape index (κ3) is 6.54. The number of carbonyl (C=O) groups excluding carboxylic acids is 1. The second-order valence-electron chi connectivity index (χ2n) is 7.24. The number of aromatic hydroxyl groups is 1. The minimum atomic E-state index is -0.561. The van der Waals surface area contributed by atoms with Crippen LogP contribution in [0, 0.1) is 17.0 Å². The van der Waals surface area contributed by atoms with Crippen molar-refractivity contribution in [1.82, 2.24) is 5.43 Å². The number of phenols is 1. The molecular formula is C24H23N3O6. The van der Waals surface area contributed by atoms with Crippen molar-refractivity contribution in [3.63, 3.8) is 0 Å². The molecule has 0 fully saturated rings. The lowest BCUT2D eigenvalue weighted by Crippen LogP contribution is -2.19. The van der Waals surface area contributed by atoms with Gasteiger partial charge in [0.15, 0.2) is 5.75 Å². The number of nitro groups is 1. The molecule has 0 aliphatic carbocycles. The number of rotatable bonds is 9. The molecule has 0 bridgehead atoms. The van der Waals surface area contributed by atoms with E-state index in [1.807, 2.05) is 31.2 Å². The number of aryl methyl sites for hydroxylation is 1. The fraction of sp³-hybridized carbons (Fsp3) is 0.167. The van der Waals surface area contributed by atoms with Gasteiger partial charge in [-0.1, -0.05) is 42.0 Å². The number of nitrogens with one attached hydrogen (secondary N) is 1. The summed E-state index contributed by atoms with van der Waals surface area (Å²) in [7, 11) is 1.39. The number of amides is 1. The van der Waals surface area contributed by atoms with Gasteiger partial charge in [-0.15, -0.1) is 0 Å². The average Bonchev–Trinajstić information content (AvgIpc) is 2.79. The predicted octanol–water partition coefficient (Wildman–Crippen LogP) is 3.89. The maximum atomic E-state index is 12.0. The first kappa shape index (κ1) is 23.3. The summed E-state index contributed by atoms with van der Waals surface area (Å²) >= 11 is 0. The van der Waals surface area contributed by atoms with E-state index in [1.165, 1.54) is 37.6 Å². The topological polar surface area (TPSA) is 123 Å². The summed E-state index contributed by atoms with van der Waals surface area (Å²) in [5.41, 5.74) is 5.07. The number of hydrogen-bond donors (Lipinski definition) is 2. The van der Waals surface area contributed by atoms with E-state index in [2.05, 4.69) is 10.5 Å². The molecule has 0 saturated carbocycles. The van der Waals surface area contributed by atoms with Crippen LogP contribution in [0.15, 0.2) is 65.8 Å². The van der Waals surface area contributed by atoms with Crippen molar-refractivity contribution in [1.29, 1.82) is 0 Å². The van der Waals surface area contributed by atoms with Crippen molar-refractivity contribution in [2.45, 2.75) is 20.0 Å². The van der Waals surface area contributed by atoms with Gasteiger partial charge in [-0.2, -0.15) is 5.10 Å². The minimum absolute atomic E-state index is 0.0116. The molecule has 0 saturated heterocycles. The zero-order chi connectivity index (χ0) is 23.8. The van der Waals surface area contributed by atoms with Crippen molar-refractivity contribution in [2.24, 2.45) is 5.10 Å². The number of nitrogens with zero attached hydrogens (tertiary/aromatic N) is 2. The van der Waals surface area contributed by atoms with Crippen LogP contribution >= 0.6 is 0 Å². The summed E-state index contributed by atoms with van der Waals surface area (Å²) in [5, 5.41) is 24.8. The monoisotopic (exact) mass is 449 g/mol. The fourth-order valence-electron chi connectivity index (χ4n) is 3.09. The maximum absolute atomic E-state index is 12.0. The van der Waals surface area contributed by atoms with Gasteiger partial charge in [0.2, 0.25) is 11.7 Å². The van der Waals surface area contributed by atoms with Crippen LogP contribution < -0.4 is 14.9 Å². The highest BCUT2D eigenvalue weighted by Crippen LogP contribution is 2.38.